The number of hydrogen-bond donors (Lipinski definition) is 0. The minimum Gasteiger partial charge on any atom is -0.497 e. The first-order valence-electron chi connectivity index (χ1n) is 3.95. The minimum atomic E-state index is 0.880. The molecule has 2 rings (SSSR count). The predicted octanol–water partition coefficient (Wildman–Crippen LogP) is 2.82. The highest BCUT2D eigenvalue weighted by atomic mass is 32.1. The molecule has 3 heteroatoms. The summed E-state index contributed by atoms with van der Waals surface area (Å²) in [6, 6.07) is 9.97. The van der Waals surface area contributed by atoms with Crippen molar-refractivity contribution in [1.82, 2.24) is 4.37 Å². The first-order valence-corrected chi connectivity index (χ1v) is 4.72. The third kappa shape index (κ3) is 1.70. The summed E-state index contributed by atoms with van der Waals surface area (Å²) in [7, 11) is 1.67. The standard InChI is InChI=1S/C10H9NOS/c1-12-9-4-2-3-8(7-9)10-5-6-11-13-10/h2-7H,1H3. The second-order valence-corrected chi connectivity index (χ2v) is 3.44. The molecule has 0 saturated carbocycles. The first kappa shape index (κ1) is 8.26. The SMILES string of the molecule is COc1cccc(-c2ccns2)c1. The fourth-order valence-corrected chi connectivity index (χ4v) is 1.73. The van der Waals surface area contributed by atoms with Gasteiger partial charge in [-0.3, -0.25) is 0 Å². The Morgan fingerprint density at radius 1 is 1.31 bits per heavy atom. The van der Waals surface area contributed by atoms with Crippen LogP contribution in [0.5, 0.6) is 5.75 Å². The van der Waals surface area contributed by atoms with Gasteiger partial charge in [-0.05, 0) is 35.3 Å². The number of nitrogens with zero attached hydrogens (tertiary/aromatic N) is 1. The van der Waals surface area contributed by atoms with Crippen LogP contribution in [-0.2, 0) is 0 Å². The quantitative estimate of drug-likeness (QED) is 0.728. The lowest BCUT2D eigenvalue weighted by atomic mass is 10.2. The van der Waals surface area contributed by atoms with Crippen LogP contribution in [-0.4, -0.2) is 11.5 Å². The Kier molecular flexibility index (Phi) is 2.27. The summed E-state index contributed by atoms with van der Waals surface area (Å²) in [5.74, 6) is 0.880. The van der Waals surface area contributed by atoms with Crippen molar-refractivity contribution < 1.29 is 4.74 Å². The van der Waals surface area contributed by atoms with Crippen molar-refractivity contribution >= 4 is 11.5 Å². The molecule has 0 fully saturated rings. The molecule has 0 amide bonds. The number of rotatable bonds is 2. The average molecular weight is 191 g/mol. The topological polar surface area (TPSA) is 22.1 Å². The Bertz CT molecular complexity index is 384. The summed E-state index contributed by atoms with van der Waals surface area (Å²) in [6.45, 7) is 0. The molecule has 0 aliphatic carbocycles. The third-order valence-corrected chi connectivity index (χ3v) is 2.59. The van der Waals surface area contributed by atoms with Crippen molar-refractivity contribution in [3.05, 3.63) is 36.5 Å². The van der Waals surface area contributed by atoms with Crippen molar-refractivity contribution in [2.45, 2.75) is 0 Å². The molecule has 0 bridgehead atoms. The van der Waals surface area contributed by atoms with Gasteiger partial charge in [0.1, 0.15) is 5.75 Å². The molecule has 2 nitrogen and oxygen atoms in total. The van der Waals surface area contributed by atoms with E-state index >= 15 is 0 Å². The van der Waals surface area contributed by atoms with E-state index in [1.165, 1.54) is 16.4 Å². The molecule has 0 saturated heterocycles. The predicted molar refractivity (Wildman–Crippen MR) is 54.1 cm³/mol. The van der Waals surface area contributed by atoms with Crippen molar-refractivity contribution in [3.63, 3.8) is 0 Å². The lowest BCUT2D eigenvalue weighted by Gasteiger charge is -2.00. The van der Waals surface area contributed by atoms with Crippen LogP contribution < -0.4 is 4.74 Å². The highest BCUT2D eigenvalue weighted by molar-refractivity contribution is 7.09. The van der Waals surface area contributed by atoms with Gasteiger partial charge in [0.25, 0.3) is 0 Å². The minimum absolute atomic E-state index is 0.880. The van der Waals surface area contributed by atoms with Crippen LogP contribution in [0.4, 0.5) is 0 Å². The highest BCUT2D eigenvalue weighted by Gasteiger charge is 1.99. The van der Waals surface area contributed by atoms with E-state index in [9.17, 15) is 0 Å². The molecule has 0 spiro atoms. The normalized spacial score (nSPS) is 9.92. The monoisotopic (exact) mass is 191 g/mol. The van der Waals surface area contributed by atoms with Crippen molar-refractivity contribution in [3.8, 4) is 16.2 Å². The fourth-order valence-electron chi connectivity index (χ4n) is 1.14. The van der Waals surface area contributed by atoms with Crippen molar-refractivity contribution in [2.75, 3.05) is 7.11 Å². The fraction of sp³-hybridized carbons (Fsp3) is 0.100. The molecule has 1 aromatic carbocycles. The lowest BCUT2D eigenvalue weighted by Crippen LogP contribution is -1.81. The highest BCUT2D eigenvalue weighted by Crippen LogP contribution is 2.25. The maximum Gasteiger partial charge on any atom is 0.119 e. The van der Waals surface area contributed by atoms with Gasteiger partial charge < -0.3 is 4.74 Å². The lowest BCUT2D eigenvalue weighted by molar-refractivity contribution is 0.415. The van der Waals surface area contributed by atoms with Crippen LogP contribution in [0.25, 0.3) is 10.4 Å². The molecule has 0 aliphatic rings. The second-order valence-electron chi connectivity index (χ2n) is 2.61. The van der Waals surface area contributed by atoms with Crippen LogP contribution in [0.1, 0.15) is 0 Å². The van der Waals surface area contributed by atoms with E-state index in [0.29, 0.717) is 0 Å². The van der Waals surface area contributed by atoms with Crippen LogP contribution in [0, 0.1) is 0 Å². The van der Waals surface area contributed by atoms with Gasteiger partial charge in [0.05, 0.1) is 12.0 Å². The number of benzene rings is 1. The molecule has 0 radical (unpaired) electrons. The summed E-state index contributed by atoms with van der Waals surface area (Å²) >= 11 is 1.49. The molecule has 0 N–H and O–H groups in total. The second kappa shape index (κ2) is 3.58. The summed E-state index contributed by atoms with van der Waals surface area (Å²) < 4.78 is 9.19. The van der Waals surface area contributed by atoms with E-state index in [2.05, 4.69) is 10.4 Å². The Morgan fingerprint density at radius 2 is 2.23 bits per heavy atom. The van der Waals surface area contributed by atoms with Gasteiger partial charge in [0.2, 0.25) is 0 Å². The Balaban J connectivity index is 2.41. The van der Waals surface area contributed by atoms with Gasteiger partial charge >= 0.3 is 0 Å². The summed E-state index contributed by atoms with van der Waals surface area (Å²) in [5, 5.41) is 0. The summed E-state index contributed by atoms with van der Waals surface area (Å²) in [6.07, 6.45) is 1.81. The van der Waals surface area contributed by atoms with Crippen LogP contribution in [0.2, 0.25) is 0 Å². The zero-order valence-corrected chi connectivity index (χ0v) is 8.04. The largest absolute Gasteiger partial charge is 0.497 e. The number of methoxy groups -OCH3 is 1. The van der Waals surface area contributed by atoms with Gasteiger partial charge in [-0.1, -0.05) is 12.1 Å². The molecule has 0 aliphatic heterocycles. The zero-order valence-electron chi connectivity index (χ0n) is 7.23. The smallest absolute Gasteiger partial charge is 0.119 e. The molecule has 1 heterocycles. The Hall–Kier alpha value is -1.35. The Labute approximate surface area is 81.0 Å². The van der Waals surface area contributed by atoms with E-state index in [4.69, 9.17) is 4.74 Å². The zero-order chi connectivity index (χ0) is 9.10. The molecule has 66 valence electrons. The van der Waals surface area contributed by atoms with Crippen molar-refractivity contribution in [1.29, 1.82) is 0 Å². The Morgan fingerprint density at radius 3 is 2.92 bits per heavy atom. The maximum absolute atomic E-state index is 5.14. The van der Waals surface area contributed by atoms with Crippen LogP contribution >= 0.6 is 11.5 Å². The molecule has 0 atom stereocenters. The van der Waals surface area contributed by atoms with Gasteiger partial charge in [0.15, 0.2) is 0 Å². The van der Waals surface area contributed by atoms with E-state index in [0.717, 1.165) is 11.3 Å². The molecule has 13 heavy (non-hydrogen) atoms. The number of aromatic nitrogens is 1. The van der Waals surface area contributed by atoms with E-state index in [1.54, 1.807) is 13.3 Å². The van der Waals surface area contributed by atoms with E-state index in [1.807, 2.05) is 24.3 Å². The third-order valence-electron chi connectivity index (χ3n) is 1.79. The van der Waals surface area contributed by atoms with Gasteiger partial charge in [-0.15, -0.1) is 0 Å². The molecular formula is C10H9NOS. The molecule has 2 aromatic rings. The summed E-state index contributed by atoms with van der Waals surface area (Å²) in [4.78, 5) is 1.17. The molecular weight excluding hydrogens is 182 g/mol. The van der Waals surface area contributed by atoms with Crippen LogP contribution in [0.3, 0.4) is 0 Å². The number of hydrogen-bond acceptors (Lipinski definition) is 3. The van der Waals surface area contributed by atoms with Gasteiger partial charge in [-0.2, -0.15) is 0 Å². The molecule has 0 unspecified atom stereocenters. The maximum atomic E-state index is 5.14. The average Bonchev–Trinajstić information content (AvgIpc) is 2.71. The van der Waals surface area contributed by atoms with E-state index in [-0.39, 0.29) is 0 Å². The molecule has 1 aromatic heterocycles. The van der Waals surface area contributed by atoms with E-state index < -0.39 is 0 Å². The van der Waals surface area contributed by atoms with Gasteiger partial charge in [0, 0.05) is 6.20 Å². The summed E-state index contributed by atoms with van der Waals surface area (Å²) in [5.41, 5.74) is 1.15. The van der Waals surface area contributed by atoms with Gasteiger partial charge in [-0.25, -0.2) is 4.37 Å². The first-order chi connectivity index (χ1) is 6.40. The van der Waals surface area contributed by atoms with Crippen LogP contribution in [0.15, 0.2) is 36.5 Å². The number of ether oxygens (including phenoxy) is 1. The van der Waals surface area contributed by atoms with Crippen molar-refractivity contribution in [2.24, 2.45) is 0 Å².